The van der Waals surface area contributed by atoms with E-state index in [9.17, 15) is 4.79 Å². The third-order valence-corrected chi connectivity index (χ3v) is 3.30. The van der Waals surface area contributed by atoms with E-state index < -0.39 is 0 Å². The Morgan fingerprint density at radius 3 is 3.06 bits per heavy atom. The average Bonchev–Trinajstić information content (AvgIpc) is 2.38. The van der Waals surface area contributed by atoms with Crippen LogP contribution in [0.25, 0.3) is 10.9 Å². The lowest BCUT2D eigenvalue weighted by molar-refractivity contribution is -0.118. The molecule has 2 heterocycles. The summed E-state index contributed by atoms with van der Waals surface area (Å²) in [6.07, 6.45) is 1.71. The molecule has 1 saturated heterocycles. The summed E-state index contributed by atoms with van der Waals surface area (Å²) in [6, 6.07) is 7.42. The van der Waals surface area contributed by atoms with E-state index in [2.05, 4.69) is 10.3 Å². The smallest absolute Gasteiger partial charge is 0.241 e. The molecule has 0 saturated carbocycles. The lowest BCUT2D eigenvalue weighted by Gasteiger charge is -2.28. The van der Waals surface area contributed by atoms with E-state index in [4.69, 9.17) is 11.6 Å². The molecule has 0 aliphatic carbocycles. The van der Waals surface area contributed by atoms with Crippen LogP contribution in [0.15, 0.2) is 30.5 Å². The van der Waals surface area contributed by atoms with Gasteiger partial charge in [-0.1, -0.05) is 11.6 Å². The molecule has 4 nitrogen and oxygen atoms in total. The summed E-state index contributed by atoms with van der Waals surface area (Å²) in [4.78, 5) is 18.0. The minimum absolute atomic E-state index is 0.0868. The zero-order chi connectivity index (χ0) is 12.5. The van der Waals surface area contributed by atoms with Crippen LogP contribution in [0.2, 0.25) is 5.02 Å². The van der Waals surface area contributed by atoms with Crippen molar-refractivity contribution in [3.05, 3.63) is 35.5 Å². The van der Waals surface area contributed by atoms with Crippen LogP contribution < -0.4 is 10.2 Å². The third-order valence-electron chi connectivity index (χ3n) is 3.06. The number of hydrogen-bond acceptors (Lipinski definition) is 3. The van der Waals surface area contributed by atoms with Crippen molar-refractivity contribution in [1.29, 1.82) is 0 Å². The first-order valence-corrected chi connectivity index (χ1v) is 6.19. The van der Waals surface area contributed by atoms with Gasteiger partial charge in [0.25, 0.3) is 0 Å². The van der Waals surface area contributed by atoms with Gasteiger partial charge in [0.2, 0.25) is 5.91 Å². The first-order chi connectivity index (χ1) is 8.75. The van der Waals surface area contributed by atoms with Crippen LogP contribution in [0.3, 0.4) is 0 Å². The van der Waals surface area contributed by atoms with Crippen molar-refractivity contribution < 1.29 is 4.79 Å². The van der Waals surface area contributed by atoms with Crippen molar-refractivity contribution >= 4 is 34.1 Å². The first-order valence-electron chi connectivity index (χ1n) is 5.81. The summed E-state index contributed by atoms with van der Waals surface area (Å²) in [5.74, 6) is 0.0868. The van der Waals surface area contributed by atoms with Crippen LogP contribution in [0.4, 0.5) is 5.69 Å². The van der Waals surface area contributed by atoms with Gasteiger partial charge >= 0.3 is 0 Å². The van der Waals surface area contributed by atoms with Gasteiger partial charge in [-0.2, -0.15) is 0 Å². The van der Waals surface area contributed by atoms with E-state index in [1.54, 1.807) is 11.1 Å². The predicted molar refractivity (Wildman–Crippen MR) is 72.0 cm³/mol. The fraction of sp³-hybridized carbons (Fsp3) is 0.231. The number of halogens is 1. The quantitative estimate of drug-likeness (QED) is 0.852. The molecule has 0 bridgehead atoms. The molecule has 2 aromatic rings. The number of piperazine rings is 1. The third kappa shape index (κ3) is 1.94. The van der Waals surface area contributed by atoms with Gasteiger partial charge in [-0.05, 0) is 24.3 Å². The maximum Gasteiger partial charge on any atom is 0.241 e. The average molecular weight is 262 g/mol. The summed E-state index contributed by atoms with van der Waals surface area (Å²) in [5, 5.41) is 4.67. The zero-order valence-electron chi connectivity index (χ0n) is 9.69. The van der Waals surface area contributed by atoms with Crippen LogP contribution >= 0.6 is 11.6 Å². The van der Waals surface area contributed by atoms with Crippen molar-refractivity contribution in [2.75, 3.05) is 24.5 Å². The number of nitrogens with zero attached hydrogens (tertiary/aromatic N) is 2. The van der Waals surface area contributed by atoms with Gasteiger partial charge in [-0.15, -0.1) is 0 Å². The van der Waals surface area contributed by atoms with E-state index in [1.807, 2.05) is 24.3 Å². The molecule has 1 aromatic carbocycles. The van der Waals surface area contributed by atoms with Gasteiger partial charge < -0.3 is 10.2 Å². The Bertz CT molecular complexity index is 614. The molecule has 1 aliphatic rings. The second-order valence-electron chi connectivity index (χ2n) is 4.21. The molecule has 5 heteroatoms. The SMILES string of the molecule is O=C1CNCCN1c1ccnc2cc(Cl)ccc12. The summed E-state index contributed by atoms with van der Waals surface area (Å²) in [7, 11) is 0. The molecule has 0 atom stereocenters. The van der Waals surface area contributed by atoms with Gasteiger partial charge in [-0.3, -0.25) is 9.78 Å². The number of fused-ring (bicyclic) bond motifs is 1. The minimum atomic E-state index is 0.0868. The van der Waals surface area contributed by atoms with Gasteiger partial charge in [0.1, 0.15) is 0 Å². The monoisotopic (exact) mass is 261 g/mol. The number of carbonyl (C=O) groups excluding carboxylic acids is 1. The highest BCUT2D eigenvalue weighted by Crippen LogP contribution is 2.27. The maximum absolute atomic E-state index is 11.9. The molecule has 0 unspecified atom stereocenters. The molecule has 1 N–H and O–H groups in total. The summed E-state index contributed by atoms with van der Waals surface area (Å²) in [6.45, 7) is 1.88. The molecule has 1 amide bonds. The first kappa shape index (κ1) is 11.4. The Hall–Kier alpha value is -1.65. The number of nitrogens with one attached hydrogen (secondary N) is 1. The number of rotatable bonds is 1. The molecule has 18 heavy (non-hydrogen) atoms. The highest BCUT2D eigenvalue weighted by Gasteiger charge is 2.20. The highest BCUT2D eigenvalue weighted by molar-refractivity contribution is 6.31. The van der Waals surface area contributed by atoms with E-state index in [0.717, 1.165) is 23.1 Å². The van der Waals surface area contributed by atoms with Crippen molar-refractivity contribution in [3.8, 4) is 0 Å². The number of hydrogen-bond donors (Lipinski definition) is 1. The number of pyridine rings is 1. The van der Waals surface area contributed by atoms with Gasteiger partial charge in [0.05, 0.1) is 17.7 Å². The second kappa shape index (κ2) is 4.55. The summed E-state index contributed by atoms with van der Waals surface area (Å²) in [5.41, 5.74) is 1.72. The Balaban J connectivity index is 2.13. The van der Waals surface area contributed by atoms with Crippen molar-refractivity contribution in [1.82, 2.24) is 10.3 Å². The fourth-order valence-electron chi connectivity index (χ4n) is 2.20. The van der Waals surface area contributed by atoms with Crippen LogP contribution in [-0.4, -0.2) is 30.5 Å². The molecule has 1 aromatic heterocycles. The van der Waals surface area contributed by atoms with E-state index in [1.165, 1.54) is 0 Å². The Morgan fingerprint density at radius 2 is 2.22 bits per heavy atom. The molecule has 0 radical (unpaired) electrons. The molecule has 3 rings (SSSR count). The summed E-state index contributed by atoms with van der Waals surface area (Å²) >= 11 is 5.95. The molecule has 92 valence electrons. The number of aromatic nitrogens is 1. The van der Waals surface area contributed by atoms with Gasteiger partial charge in [0, 0.05) is 29.7 Å². The van der Waals surface area contributed by atoms with E-state index in [-0.39, 0.29) is 5.91 Å². The standard InChI is InChI=1S/C13H12ClN3O/c14-9-1-2-10-11(7-9)16-4-3-12(10)17-6-5-15-8-13(17)18/h1-4,7,15H,5-6,8H2. The Morgan fingerprint density at radius 1 is 1.33 bits per heavy atom. The normalized spacial score (nSPS) is 16.3. The molecule has 0 spiro atoms. The number of carbonyl (C=O) groups is 1. The number of benzene rings is 1. The molecular weight excluding hydrogens is 250 g/mol. The van der Waals surface area contributed by atoms with Crippen molar-refractivity contribution in [3.63, 3.8) is 0 Å². The largest absolute Gasteiger partial charge is 0.309 e. The fourth-order valence-corrected chi connectivity index (χ4v) is 2.37. The summed E-state index contributed by atoms with van der Waals surface area (Å²) < 4.78 is 0. The van der Waals surface area contributed by atoms with E-state index >= 15 is 0 Å². The molecule has 1 fully saturated rings. The molecule has 1 aliphatic heterocycles. The number of anilines is 1. The van der Waals surface area contributed by atoms with E-state index in [0.29, 0.717) is 18.1 Å². The van der Waals surface area contributed by atoms with Crippen LogP contribution in [-0.2, 0) is 4.79 Å². The van der Waals surface area contributed by atoms with Crippen LogP contribution in [0.5, 0.6) is 0 Å². The van der Waals surface area contributed by atoms with Crippen LogP contribution in [0, 0.1) is 0 Å². The van der Waals surface area contributed by atoms with Gasteiger partial charge in [0.15, 0.2) is 0 Å². The number of amides is 1. The lowest BCUT2D eigenvalue weighted by Crippen LogP contribution is -2.48. The maximum atomic E-state index is 11.9. The zero-order valence-corrected chi connectivity index (χ0v) is 10.4. The van der Waals surface area contributed by atoms with Crippen molar-refractivity contribution in [2.24, 2.45) is 0 Å². The topological polar surface area (TPSA) is 45.2 Å². The molecular formula is C13H12ClN3O. The van der Waals surface area contributed by atoms with Crippen LogP contribution in [0.1, 0.15) is 0 Å². The predicted octanol–water partition coefficient (Wildman–Crippen LogP) is 1.82. The van der Waals surface area contributed by atoms with Crippen molar-refractivity contribution in [2.45, 2.75) is 0 Å². The Kier molecular flexibility index (Phi) is 2.89. The lowest BCUT2D eigenvalue weighted by atomic mass is 10.1. The second-order valence-corrected chi connectivity index (χ2v) is 4.65. The highest BCUT2D eigenvalue weighted by atomic mass is 35.5. The van der Waals surface area contributed by atoms with Gasteiger partial charge in [-0.25, -0.2) is 0 Å². The Labute approximate surface area is 110 Å². The minimum Gasteiger partial charge on any atom is -0.309 e.